The number of nitrogens with one attached hydrogen (secondary N) is 2. The molecule has 0 aliphatic heterocycles. The smallest absolute Gasteiger partial charge is 0.338 e. The van der Waals surface area contributed by atoms with Gasteiger partial charge in [0.2, 0.25) is 11.8 Å². The number of benzene rings is 1. The summed E-state index contributed by atoms with van der Waals surface area (Å²) in [6.45, 7) is 7.19. The summed E-state index contributed by atoms with van der Waals surface area (Å²) in [5, 5.41) is 5.18. The van der Waals surface area contributed by atoms with Crippen molar-refractivity contribution in [1.82, 2.24) is 5.32 Å². The number of ether oxygens (including phenoxy) is 1. The Labute approximate surface area is 130 Å². The van der Waals surface area contributed by atoms with Gasteiger partial charge >= 0.3 is 5.97 Å². The second-order valence-electron chi connectivity index (χ2n) is 5.78. The molecular formula is C16H22N2O4. The molecule has 0 aliphatic carbocycles. The Morgan fingerprint density at radius 2 is 1.86 bits per heavy atom. The lowest BCUT2D eigenvalue weighted by atomic mass is 9.96. The van der Waals surface area contributed by atoms with Gasteiger partial charge in [-0.3, -0.25) is 9.59 Å². The first kappa shape index (κ1) is 17.7. The Morgan fingerprint density at radius 3 is 2.45 bits per heavy atom. The second kappa shape index (κ2) is 7.59. The van der Waals surface area contributed by atoms with E-state index >= 15 is 0 Å². The van der Waals surface area contributed by atoms with Crippen LogP contribution in [0.5, 0.6) is 0 Å². The van der Waals surface area contributed by atoms with Crippen LogP contribution in [-0.2, 0) is 14.3 Å². The normalized spacial score (nSPS) is 10.7. The summed E-state index contributed by atoms with van der Waals surface area (Å²) in [6, 6.07) is 6.44. The highest BCUT2D eigenvalue weighted by Gasteiger charge is 2.21. The summed E-state index contributed by atoms with van der Waals surface area (Å²) in [4.78, 5) is 35.1. The van der Waals surface area contributed by atoms with Crippen molar-refractivity contribution in [2.75, 3.05) is 18.5 Å². The first-order chi connectivity index (χ1) is 10.2. The van der Waals surface area contributed by atoms with Crippen LogP contribution in [0.4, 0.5) is 5.69 Å². The fraction of sp³-hybridized carbons (Fsp3) is 0.438. The molecule has 0 atom stereocenters. The molecule has 0 bridgehead atoms. The van der Waals surface area contributed by atoms with Gasteiger partial charge < -0.3 is 15.4 Å². The Balaban J connectivity index is 2.60. The number of carbonyl (C=O) groups is 3. The minimum atomic E-state index is -0.551. The number of esters is 1. The molecule has 1 rings (SSSR count). The van der Waals surface area contributed by atoms with Crippen molar-refractivity contribution in [2.24, 2.45) is 5.41 Å². The number of rotatable bonds is 5. The third-order valence-corrected chi connectivity index (χ3v) is 2.75. The lowest BCUT2D eigenvalue weighted by molar-refractivity contribution is -0.130. The summed E-state index contributed by atoms with van der Waals surface area (Å²) in [5.41, 5.74) is 0.281. The summed E-state index contributed by atoms with van der Waals surface area (Å²) >= 11 is 0. The van der Waals surface area contributed by atoms with E-state index in [0.717, 1.165) is 0 Å². The summed E-state index contributed by atoms with van der Waals surface area (Å²) in [5.74, 6) is -1.01. The largest absolute Gasteiger partial charge is 0.462 e. The van der Waals surface area contributed by atoms with Gasteiger partial charge in [-0.05, 0) is 25.1 Å². The van der Waals surface area contributed by atoms with Gasteiger partial charge in [0.15, 0.2) is 0 Å². The molecule has 6 heteroatoms. The number of hydrogen-bond acceptors (Lipinski definition) is 4. The van der Waals surface area contributed by atoms with Crippen molar-refractivity contribution in [3.8, 4) is 0 Å². The molecule has 0 unspecified atom stereocenters. The zero-order valence-electron chi connectivity index (χ0n) is 13.4. The minimum Gasteiger partial charge on any atom is -0.462 e. The summed E-state index contributed by atoms with van der Waals surface area (Å²) in [7, 11) is 0. The zero-order chi connectivity index (χ0) is 16.8. The monoisotopic (exact) mass is 306 g/mol. The molecule has 0 radical (unpaired) electrons. The molecule has 22 heavy (non-hydrogen) atoms. The average molecular weight is 306 g/mol. The lowest BCUT2D eigenvalue weighted by Gasteiger charge is -2.17. The number of amides is 2. The molecule has 0 saturated heterocycles. The van der Waals surface area contributed by atoms with Crippen molar-refractivity contribution in [3.05, 3.63) is 29.8 Å². The van der Waals surface area contributed by atoms with Gasteiger partial charge in [0, 0.05) is 11.1 Å². The molecule has 0 saturated carbocycles. The lowest BCUT2D eigenvalue weighted by Crippen LogP contribution is -2.39. The van der Waals surface area contributed by atoms with Gasteiger partial charge in [-0.25, -0.2) is 4.79 Å². The summed E-state index contributed by atoms with van der Waals surface area (Å²) < 4.78 is 4.90. The van der Waals surface area contributed by atoms with Crippen molar-refractivity contribution >= 4 is 23.5 Å². The maximum Gasteiger partial charge on any atom is 0.338 e. The van der Waals surface area contributed by atoms with Crippen LogP contribution in [0.2, 0.25) is 0 Å². The van der Waals surface area contributed by atoms with Gasteiger partial charge in [-0.1, -0.05) is 26.8 Å². The standard InChI is InChI=1S/C16H22N2O4/c1-5-22-14(20)11-7-6-8-12(9-11)18-13(19)10-17-15(21)16(2,3)4/h6-9H,5,10H2,1-4H3,(H,17,21)(H,18,19). The Hall–Kier alpha value is -2.37. The quantitative estimate of drug-likeness (QED) is 0.815. The second-order valence-corrected chi connectivity index (χ2v) is 5.78. The van der Waals surface area contributed by atoms with E-state index in [9.17, 15) is 14.4 Å². The van der Waals surface area contributed by atoms with Crippen molar-refractivity contribution in [1.29, 1.82) is 0 Å². The Morgan fingerprint density at radius 1 is 1.18 bits per heavy atom. The molecule has 0 aliphatic rings. The molecule has 0 heterocycles. The number of anilines is 1. The van der Waals surface area contributed by atoms with Gasteiger partial charge in [0.1, 0.15) is 0 Å². The van der Waals surface area contributed by atoms with E-state index in [1.807, 2.05) is 0 Å². The van der Waals surface area contributed by atoms with E-state index in [-0.39, 0.29) is 25.0 Å². The molecule has 120 valence electrons. The fourth-order valence-electron chi connectivity index (χ4n) is 1.57. The third kappa shape index (κ3) is 5.55. The van der Waals surface area contributed by atoms with Crippen LogP contribution in [0.1, 0.15) is 38.1 Å². The molecule has 2 amide bonds. The van der Waals surface area contributed by atoms with E-state index < -0.39 is 11.4 Å². The van der Waals surface area contributed by atoms with Gasteiger partial charge in [-0.15, -0.1) is 0 Å². The average Bonchev–Trinajstić information content (AvgIpc) is 2.44. The molecule has 6 nitrogen and oxygen atoms in total. The maximum atomic E-state index is 11.8. The fourth-order valence-corrected chi connectivity index (χ4v) is 1.57. The molecular weight excluding hydrogens is 284 g/mol. The van der Waals surface area contributed by atoms with Crippen LogP contribution < -0.4 is 10.6 Å². The molecule has 0 aromatic heterocycles. The predicted molar refractivity (Wildman–Crippen MR) is 83.5 cm³/mol. The SMILES string of the molecule is CCOC(=O)c1cccc(NC(=O)CNC(=O)C(C)(C)C)c1. The number of hydrogen-bond donors (Lipinski definition) is 2. The first-order valence-electron chi connectivity index (χ1n) is 7.09. The molecule has 0 spiro atoms. The van der Waals surface area contributed by atoms with Crippen LogP contribution >= 0.6 is 0 Å². The summed E-state index contributed by atoms with van der Waals surface area (Å²) in [6.07, 6.45) is 0. The first-order valence-corrected chi connectivity index (χ1v) is 7.09. The highest BCUT2D eigenvalue weighted by Crippen LogP contribution is 2.13. The van der Waals surface area contributed by atoms with E-state index in [0.29, 0.717) is 11.3 Å². The van der Waals surface area contributed by atoms with Crippen LogP contribution in [-0.4, -0.2) is 30.9 Å². The third-order valence-electron chi connectivity index (χ3n) is 2.75. The van der Waals surface area contributed by atoms with Crippen LogP contribution in [0, 0.1) is 5.41 Å². The topological polar surface area (TPSA) is 84.5 Å². The Kier molecular flexibility index (Phi) is 6.10. The molecule has 1 aromatic carbocycles. The van der Waals surface area contributed by atoms with Crippen molar-refractivity contribution < 1.29 is 19.1 Å². The van der Waals surface area contributed by atoms with Crippen LogP contribution in [0.25, 0.3) is 0 Å². The van der Waals surface area contributed by atoms with Crippen LogP contribution in [0.15, 0.2) is 24.3 Å². The molecule has 2 N–H and O–H groups in total. The van der Waals surface area contributed by atoms with Gasteiger partial charge in [0.25, 0.3) is 0 Å². The zero-order valence-corrected chi connectivity index (χ0v) is 13.4. The highest BCUT2D eigenvalue weighted by atomic mass is 16.5. The molecule has 1 aromatic rings. The van der Waals surface area contributed by atoms with E-state index in [1.54, 1.807) is 45.9 Å². The molecule has 0 fully saturated rings. The van der Waals surface area contributed by atoms with Crippen molar-refractivity contribution in [2.45, 2.75) is 27.7 Å². The van der Waals surface area contributed by atoms with E-state index in [1.165, 1.54) is 6.07 Å². The highest BCUT2D eigenvalue weighted by molar-refractivity contribution is 5.97. The van der Waals surface area contributed by atoms with Crippen molar-refractivity contribution in [3.63, 3.8) is 0 Å². The Bertz CT molecular complexity index is 562. The van der Waals surface area contributed by atoms with E-state index in [4.69, 9.17) is 4.74 Å². The minimum absolute atomic E-state index is 0.125. The maximum absolute atomic E-state index is 11.8. The van der Waals surface area contributed by atoms with Crippen LogP contribution in [0.3, 0.4) is 0 Å². The van der Waals surface area contributed by atoms with Gasteiger partial charge in [0.05, 0.1) is 18.7 Å². The number of carbonyl (C=O) groups excluding carboxylic acids is 3. The van der Waals surface area contributed by atoms with Gasteiger partial charge in [-0.2, -0.15) is 0 Å². The predicted octanol–water partition coefficient (Wildman–Crippen LogP) is 1.96. The van der Waals surface area contributed by atoms with E-state index in [2.05, 4.69) is 10.6 Å².